The number of hydrogen-bond acceptors (Lipinski definition) is 2. The van der Waals surface area contributed by atoms with E-state index in [0.717, 1.165) is 26.9 Å². The SMILES string of the molecule is CC.[B]N1C(=O)c2ccc3c4cccc5cccc(c6ccc(c2c36)C1=O)c54. The predicted molar refractivity (Wildman–Crippen MR) is 115 cm³/mol. The summed E-state index contributed by atoms with van der Waals surface area (Å²) in [6, 6.07) is 20.0. The van der Waals surface area contributed by atoms with Crippen molar-refractivity contribution in [2.24, 2.45) is 0 Å². The maximum atomic E-state index is 12.6. The minimum atomic E-state index is -0.455. The molecule has 0 spiro atoms. The van der Waals surface area contributed by atoms with Crippen molar-refractivity contribution in [3.8, 4) is 0 Å². The largest absolute Gasteiger partial charge is 0.332 e. The molecule has 0 atom stereocenters. The highest BCUT2D eigenvalue weighted by molar-refractivity contribution is 6.42. The Hall–Kier alpha value is -3.40. The summed E-state index contributed by atoms with van der Waals surface area (Å²) in [6.45, 7) is 4.00. The van der Waals surface area contributed by atoms with Crippen molar-refractivity contribution in [2.75, 3.05) is 0 Å². The van der Waals surface area contributed by atoms with Crippen LogP contribution in [0.3, 0.4) is 0 Å². The van der Waals surface area contributed by atoms with Crippen molar-refractivity contribution in [1.82, 2.24) is 4.81 Å². The van der Waals surface area contributed by atoms with Crippen molar-refractivity contribution >= 4 is 62.9 Å². The van der Waals surface area contributed by atoms with Crippen LogP contribution in [0, 0.1) is 0 Å². The van der Waals surface area contributed by atoms with Gasteiger partial charge in [-0.2, -0.15) is 0 Å². The number of carbonyl (C=O) groups is 2. The van der Waals surface area contributed by atoms with Gasteiger partial charge in [-0.1, -0.05) is 62.4 Å². The average molecular weight is 361 g/mol. The van der Waals surface area contributed by atoms with E-state index >= 15 is 0 Å². The number of hydrogen-bond donors (Lipinski definition) is 0. The molecule has 0 saturated heterocycles. The zero-order chi connectivity index (χ0) is 19.6. The summed E-state index contributed by atoms with van der Waals surface area (Å²) in [4.78, 5) is 25.8. The molecular weight excluding hydrogens is 345 g/mol. The lowest BCUT2D eigenvalue weighted by molar-refractivity contribution is 0.0727. The van der Waals surface area contributed by atoms with Gasteiger partial charge in [0.1, 0.15) is 0 Å². The van der Waals surface area contributed by atoms with E-state index in [9.17, 15) is 9.59 Å². The van der Waals surface area contributed by atoms with Gasteiger partial charge in [0.15, 0.2) is 0 Å². The zero-order valence-corrected chi connectivity index (χ0v) is 15.6. The molecule has 132 valence electrons. The smallest absolute Gasteiger partial charge is 0.248 e. The number of fused-ring (bicyclic) bond motifs is 2. The first-order valence-electron chi connectivity index (χ1n) is 9.42. The van der Waals surface area contributed by atoms with Crippen LogP contribution in [-0.4, -0.2) is 24.6 Å². The molecule has 0 fully saturated rings. The predicted octanol–water partition coefficient (Wildman–Crippen LogP) is 5.44. The Labute approximate surface area is 163 Å². The van der Waals surface area contributed by atoms with Crippen LogP contribution in [-0.2, 0) is 0 Å². The maximum Gasteiger partial charge on any atom is 0.248 e. The first kappa shape index (κ1) is 16.8. The van der Waals surface area contributed by atoms with E-state index in [1.807, 2.05) is 38.1 Å². The number of imide groups is 1. The van der Waals surface area contributed by atoms with Crippen LogP contribution >= 0.6 is 0 Å². The highest BCUT2D eigenvalue weighted by Gasteiger charge is 2.31. The molecule has 2 radical (unpaired) electrons. The molecule has 0 unspecified atom stereocenters. The minimum Gasteiger partial charge on any atom is -0.332 e. The molecule has 0 saturated carbocycles. The second-order valence-corrected chi connectivity index (χ2v) is 6.76. The van der Waals surface area contributed by atoms with Crippen LogP contribution in [0.1, 0.15) is 34.6 Å². The summed E-state index contributed by atoms with van der Waals surface area (Å²) in [5.41, 5.74) is 0.962. The van der Waals surface area contributed by atoms with E-state index in [4.69, 9.17) is 7.98 Å². The second kappa shape index (κ2) is 5.80. The van der Waals surface area contributed by atoms with Gasteiger partial charge in [0.2, 0.25) is 19.8 Å². The van der Waals surface area contributed by atoms with E-state index in [1.165, 1.54) is 10.8 Å². The quantitative estimate of drug-likeness (QED) is 0.159. The molecule has 5 aromatic rings. The first-order chi connectivity index (χ1) is 13.7. The normalized spacial score (nSPS) is 13.6. The number of nitrogens with zero attached hydrogens (tertiary/aromatic N) is 1. The molecule has 28 heavy (non-hydrogen) atoms. The van der Waals surface area contributed by atoms with Gasteiger partial charge in [0.25, 0.3) is 0 Å². The average Bonchev–Trinajstić information content (AvgIpc) is 2.75. The molecule has 1 heterocycles. The van der Waals surface area contributed by atoms with Crippen molar-refractivity contribution in [1.29, 1.82) is 0 Å². The van der Waals surface area contributed by atoms with Gasteiger partial charge < -0.3 is 4.81 Å². The van der Waals surface area contributed by atoms with Crippen molar-refractivity contribution in [3.63, 3.8) is 0 Å². The van der Waals surface area contributed by atoms with Crippen LogP contribution in [0.25, 0.3) is 43.1 Å². The van der Waals surface area contributed by atoms with Gasteiger partial charge in [0, 0.05) is 16.5 Å². The Bertz CT molecular complexity index is 1340. The Morgan fingerprint density at radius 2 is 1.07 bits per heavy atom. The van der Waals surface area contributed by atoms with Gasteiger partial charge in [-0.25, -0.2) is 0 Å². The van der Waals surface area contributed by atoms with Crippen LogP contribution in [0.4, 0.5) is 0 Å². The van der Waals surface area contributed by atoms with Gasteiger partial charge in [-0.15, -0.1) is 0 Å². The molecule has 5 aromatic carbocycles. The third kappa shape index (κ3) is 1.90. The second-order valence-electron chi connectivity index (χ2n) is 6.76. The van der Waals surface area contributed by atoms with Crippen LogP contribution < -0.4 is 0 Å². The lowest BCUT2D eigenvalue weighted by Gasteiger charge is -2.26. The van der Waals surface area contributed by atoms with Crippen molar-refractivity contribution in [3.05, 3.63) is 71.8 Å². The van der Waals surface area contributed by atoms with E-state index in [-0.39, 0.29) is 0 Å². The number of benzene rings is 5. The lowest BCUT2D eigenvalue weighted by atomic mass is 9.84. The molecule has 2 amide bonds. The molecule has 4 heteroatoms. The monoisotopic (exact) mass is 361 g/mol. The third-order valence-corrected chi connectivity index (χ3v) is 5.54. The Balaban J connectivity index is 0.000000829. The summed E-state index contributed by atoms with van der Waals surface area (Å²) in [5, 5.41) is 8.42. The van der Waals surface area contributed by atoms with E-state index < -0.39 is 11.8 Å². The summed E-state index contributed by atoms with van der Waals surface area (Å²) in [7, 11) is 5.71. The van der Waals surface area contributed by atoms with Crippen LogP contribution in [0.5, 0.6) is 0 Å². The standard InChI is InChI=1S/C22H10BNO2.C2H6/c23-24-21(25)16-9-7-14-12-5-1-3-11-4-2-6-13(18(11)12)15-8-10-17(22(24)26)20(16)19(14)15;1-2/h1-10H;1-2H3. The number of carbonyl (C=O) groups excluding carboxylic acids is 2. The van der Waals surface area contributed by atoms with E-state index in [0.29, 0.717) is 21.3 Å². The summed E-state index contributed by atoms with van der Waals surface area (Å²) < 4.78 is 0. The Morgan fingerprint density at radius 1 is 0.607 bits per heavy atom. The number of amides is 2. The van der Waals surface area contributed by atoms with E-state index in [1.54, 1.807) is 12.1 Å². The fourth-order valence-electron chi connectivity index (χ4n) is 4.44. The molecule has 6 rings (SSSR count). The van der Waals surface area contributed by atoms with Crippen molar-refractivity contribution in [2.45, 2.75) is 13.8 Å². The maximum absolute atomic E-state index is 12.6. The van der Waals surface area contributed by atoms with E-state index in [2.05, 4.69) is 24.3 Å². The van der Waals surface area contributed by atoms with Gasteiger partial charge in [-0.05, 0) is 49.8 Å². The summed E-state index contributed by atoms with van der Waals surface area (Å²) >= 11 is 0. The highest BCUT2D eigenvalue weighted by atomic mass is 16.2. The minimum absolute atomic E-state index is 0.455. The third-order valence-electron chi connectivity index (χ3n) is 5.54. The zero-order valence-electron chi connectivity index (χ0n) is 15.6. The van der Waals surface area contributed by atoms with Gasteiger partial charge in [0.05, 0.1) is 0 Å². The molecule has 0 aromatic heterocycles. The van der Waals surface area contributed by atoms with Crippen LogP contribution in [0.15, 0.2) is 60.7 Å². The highest BCUT2D eigenvalue weighted by Crippen LogP contribution is 2.43. The molecule has 0 N–H and O–H groups in total. The van der Waals surface area contributed by atoms with Gasteiger partial charge >= 0.3 is 0 Å². The van der Waals surface area contributed by atoms with Crippen LogP contribution in [0.2, 0.25) is 0 Å². The van der Waals surface area contributed by atoms with Gasteiger partial charge in [-0.3, -0.25) is 9.59 Å². The molecule has 1 aliphatic heterocycles. The molecular formula is C24H16BNO2. The molecule has 3 nitrogen and oxygen atoms in total. The Kier molecular flexibility index (Phi) is 3.47. The Morgan fingerprint density at radius 3 is 1.57 bits per heavy atom. The van der Waals surface area contributed by atoms with Crippen molar-refractivity contribution < 1.29 is 9.59 Å². The number of rotatable bonds is 0. The molecule has 0 aliphatic carbocycles. The molecule has 1 aliphatic rings. The lowest BCUT2D eigenvalue weighted by Crippen LogP contribution is -2.38. The fraction of sp³-hybridized carbons (Fsp3) is 0.0833. The first-order valence-corrected chi connectivity index (χ1v) is 9.42. The molecule has 0 bridgehead atoms. The summed E-state index contributed by atoms with van der Waals surface area (Å²) in [5.74, 6) is -0.911. The topological polar surface area (TPSA) is 37.4 Å². The fourth-order valence-corrected chi connectivity index (χ4v) is 4.44. The summed E-state index contributed by atoms with van der Waals surface area (Å²) in [6.07, 6.45) is 0.